The number of fused-ring (bicyclic) bond motifs is 1. The summed E-state index contributed by atoms with van der Waals surface area (Å²) in [5, 5.41) is 0.812. The molecule has 5 heteroatoms. The minimum Gasteiger partial charge on any atom is -0.451 e. The maximum absolute atomic E-state index is 12.6. The lowest BCUT2D eigenvalue weighted by Gasteiger charge is -2.09. The van der Waals surface area contributed by atoms with Crippen molar-refractivity contribution in [1.82, 2.24) is 4.57 Å². The lowest BCUT2D eigenvalue weighted by Crippen LogP contribution is -2.14. The lowest BCUT2D eigenvalue weighted by atomic mass is 10.1. The third-order valence-corrected chi connectivity index (χ3v) is 4.71. The molecular formula is C23H19NO4. The van der Waals surface area contributed by atoms with Gasteiger partial charge < -0.3 is 13.7 Å². The van der Waals surface area contributed by atoms with E-state index in [4.69, 9.17) is 9.15 Å². The number of hydrogen-bond acceptors (Lipinski definition) is 4. The van der Waals surface area contributed by atoms with Crippen LogP contribution in [0, 0.1) is 13.8 Å². The van der Waals surface area contributed by atoms with Gasteiger partial charge in [-0.15, -0.1) is 0 Å². The Morgan fingerprint density at radius 2 is 1.68 bits per heavy atom. The molecule has 0 N–H and O–H groups in total. The quantitative estimate of drug-likeness (QED) is 0.369. The number of esters is 1. The Hall–Kier alpha value is -3.60. The number of rotatable bonds is 5. The third-order valence-electron chi connectivity index (χ3n) is 4.71. The number of Topliss-reactive ketones (excluding diaryl/α,β-unsaturated/α-hetero) is 1. The van der Waals surface area contributed by atoms with E-state index in [-0.39, 0.29) is 18.2 Å². The van der Waals surface area contributed by atoms with Crippen molar-refractivity contribution < 1.29 is 18.7 Å². The van der Waals surface area contributed by atoms with Gasteiger partial charge in [0.05, 0.1) is 0 Å². The van der Waals surface area contributed by atoms with Crippen molar-refractivity contribution >= 4 is 22.7 Å². The molecule has 4 rings (SSSR count). The number of ketones is 1. The number of nitrogens with zero attached hydrogens (tertiary/aromatic N) is 1. The van der Waals surface area contributed by atoms with Gasteiger partial charge in [-0.1, -0.05) is 36.4 Å². The van der Waals surface area contributed by atoms with Crippen molar-refractivity contribution in [3.05, 3.63) is 89.4 Å². The van der Waals surface area contributed by atoms with Gasteiger partial charge in [0.1, 0.15) is 5.58 Å². The molecule has 0 amide bonds. The fourth-order valence-corrected chi connectivity index (χ4v) is 3.38. The van der Waals surface area contributed by atoms with Crippen LogP contribution in [-0.2, 0) is 4.74 Å². The van der Waals surface area contributed by atoms with Crippen LogP contribution in [0.2, 0.25) is 0 Å². The second kappa shape index (κ2) is 7.19. The molecule has 0 radical (unpaired) electrons. The van der Waals surface area contributed by atoms with Crippen LogP contribution in [0.4, 0.5) is 0 Å². The first-order chi connectivity index (χ1) is 13.5. The van der Waals surface area contributed by atoms with Gasteiger partial charge in [-0.25, -0.2) is 4.79 Å². The Kier molecular flexibility index (Phi) is 4.57. The zero-order valence-electron chi connectivity index (χ0n) is 15.6. The van der Waals surface area contributed by atoms with E-state index in [1.807, 2.05) is 73.0 Å². The highest BCUT2D eigenvalue weighted by atomic mass is 16.5. The molecule has 2 aromatic heterocycles. The van der Waals surface area contributed by atoms with E-state index in [0.29, 0.717) is 11.1 Å². The first-order valence-electron chi connectivity index (χ1n) is 8.98. The number of ether oxygens (including phenoxy) is 1. The van der Waals surface area contributed by atoms with Gasteiger partial charge in [0.2, 0.25) is 11.5 Å². The minimum absolute atomic E-state index is 0.0868. The van der Waals surface area contributed by atoms with Crippen molar-refractivity contribution in [3.8, 4) is 5.69 Å². The molecule has 140 valence electrons. The first-order valence-corrected chi connectivity index (χ1v) is 8.98. The fraction of sp³-hybridized carbons (Fsp3) is 0.130. The van der Waals surface area contributed by atoms with E-state index in [0.717, 1.165) is 22.5 Å². The number of furan rings is 1. The van der Waals surface area contributed by atoms with E-state index < -0.39 is 5.97 Å². The lowest BCUT2D eigenvalue weighted by molar-refractivity contribution is 0.0446. The Labute approximate surface area is 162 Å². The summed E-state index contributed by atoms with van der Waals surface area (Å²) in [6, 6.07) is 20.5. The molecule has 2 heterocycles. The molecule has 0 spiro atoms. The van der Waals surface area contributed by atoms with Crippen molar-refractivity contribution in [2.45, 2.75) is 13.8 Å². The Morgan fingerprint density at radius 3 is 2.43 bits per heavy atom. The van der Waals surface area contributed by atoms with Gasteiger partial charge in [-0.05, 0) is 44.2 Å². The van der Waals surface area contributed by atoms with Gasteiger partial charge in [-0.2, -0.15) is 0 Å². The van der Waals surface area contributed by atoms with Crippen LogP contribution in [0.15, 0.2) is 71.1 Å². The van der Waals surface area contributed by atoms with E-state index in [9.17, 15) is 9.59 Å². The van der Waals surface area contributed by atoms with Crippen LogP contribution in [-0.4, -0.2) is 22.9 Å². The Bertz CT molecular complexity index is 1140. The van der Waals surface area contributed by atoms with Crippen molar-refractivity contribution in [3.63, 3.8) is 0 Å². The predicted octanol–water partition coefficient (Wildman–Crippen LogP) is 4.88. The van der Waals surface area contributed by atoms with Gasteiger partial charge in [0, 0.05) is 28.0 Å². The molecular weight excluding hydrogens is 354 g/mol. The second-order valence-electron chi connectivity index (χ2n) is 6.60. The number of aromatic nitrogens is 1. The van der Waals surface area contributed by atoms with Crippen LogP contribution in [0.3, 0.4) is 0 Å². The summed E-state index contributed by atoms with van der Waals surface area (Å²) in [6.07, 6.45) is 0. The number of benzene rings is 2. The molecule has 5 nitrogen and oxygen atoms in total. The molecule has 0 unspecified atom stereocenters. The van der Waals surface area contributed by atoms with E-state index in [1.165, 1.54) is 0 Å². The molecule has 0 atom stereocenters. The van der Waals surface area contributed by atoms with Gasteiger partial charge in [-0.3, -0.25) is 4.79 Å². The van der Waals surface area contributed by atoms with Crippen molar-refractivity contribution in [1.29, 1.82) is 0 Å². The molecule has 0 fully saturated rings. The maximum atomic E-state index is 12.6. The topological polar surface area (TPSA) is 61.4 Å². The van der Waals surface area contributed by atoms with Crippen LogP contribution in [0.25, 0.3) is 16.7 Å². The number of carbonyl (C=O) groups is 2. The average molecular weight is 373 g/mol. The Balaban J connectivity index is 1.50. The minimum atomic E-state index is -0.651. The summed E-state index contributed by atoms with van der Waals surface area (Å²) in [4.78, 5) is 24.9. The first kappa shape index (κ1) is 17.8. The zero-order valence-corrected chi connectivity index (χ0v) is 15.6. The van der Waals surface area contributed by atoms with Crippen LogP contribution >= 0.6 is 0 Å². The summed E-state index contributed by atoms with van der Waals surface area (Å²) in [7, 11) is 0. The summed E-state index contributed by atoms with van der Waals surface area (Å²) in [5.74, 6) is -0.815. The van der Waals surface area contributed by atoms with Crippen molar-refractivity contribution in [2.24, 2.45) is 0 Å². The van der Waals surface area contributed by atoms with Gasteiger partial charge >= 0.3 is 5.97 Å². The van der Waals surface area contributed by atoms with Crippen LogP contribution < -0.4 is 0 Å². The van der Waals surface area contributed by atoms with E-state index in [2.05, 4.69) is 0 Å². The predicted molar refractivity (Wildman–Crippen MR) is 106 cm³/mol. The molecule has 0 aliphatic heterocycles. The molecule has 4 aromatic rings. The molecule has 0 bridgehead atoms. The second-order valence-corrected chi connectivity index (χ2v) is 6.60. The third kappa shape index (κ3) is 3.22. The molecule has 0 aliphatic rings. The smallest absolute Gasteiger partial charge is 0.374 e. The number of aryl methyl sites for hydroxylation is 1. The summed E-state index contributed by atoms with van der Waals surface area (Å²) in [5.41, 5.74) is 3.88. The van der Waals surface area contributed by atoms with Gasteiger partial charge in [0.15, 0.2) is 6.61 Å². The highest BCUT2D eigenvalue weighted by Gasteiger charge is 2.20. The summed E-state index contributed by atoms with van der Waals surface area (Å²) >= 11 is 0. The van der Waals surface area contributed by atoms with Gasteiger partial charge in [0.25, 0.3) is 0 Å². The molecule has 0 saturated heterocycles. The van der Waals surface area contributed by atoms with Crippen LogP contribution in [0.5, 0.6) is 0 Å². The summed E-state index contributed by atoms with van der Waals surface area (Å²) < 4.78 is 12.7. The standard InChI is InChI=1S/C23H19NO4/c1-15-12-19(16(2)24(15)18-9-4-3-5-10-18)20(25)14-27-23(26)22-13-17-8-6-7-11-21(17)28-22/h3-13H,14H2,1-2H3. The summed E-state index contributed by atoms with van der Waals surface area (Å²) in [6.45, 7) is 3.49. The highest BCUT2D eigenvalue weighted by molar-refractivity contribution is 6.00. The van der Waals surface area contributed by atoms with Crippen molar-refractivity contribution in [2.75, 3.05) is 6.61 Å². The molecule has 28 heavy (non-hydrogen) atoms. The SMILES string of the molecule is Cc1cc(C(=O)COC(=O)c2cc3ccccc3o2)c(C)n1-c1ccccc1. The Morgan fingerprint density at radius 1 is 0.964 bits per heavy atom. The number of para-hydroxylation sites is 2. The fourth-order valence-electron chi connectivity index (χ4n) is 3.38. The van der Waals surface area contributed by atoms with E-state index >= 15 is 0 Å². The largest absolute Gasteiger partial charge is 0.451 e. The van der Waals surface area contributed by atoms with Crippen LogP contribution in [0.1, 0.15) is 32.3 Å². The number of carbonyl (C=O) groups excluding carboxylic acids is 2. The van der Waals surface area contributed by atoms with E-state index in [1.54, 1.807) is 12.1 Å². The zero-order chi connectivity index (χ0) is 19.7. The highest BCUT2D eigenvalue weighted by Crippen LogP contribution is 2.22. The molecule has 0 aliphatic carbocycles. The molecule has 0 saturated carbocycles. The maximum Gasteiger partial charge on any atom is 0.374 e. The molecule has 2 aromatic carbocycles. The average Bonchev–Trinajstić information content (AvgIpc) is 3.27. The number of hydrogen-bond donors (Lipinski definition) is 0. The normalized spacial score (nSPS) is 10.9. The monoisotopic (exact) mass is 373 g/mol.